The topological polar surface area (TPSA) is 103 Å². The maximum Gasteiger partial charge on any atom is 0.326 e. The second-order valence-corrected chi connectivity index (χ2v) is 5.66. The number of fused-ring (bicyclic) bond motifs is 1. The quantitative estimate of drug-likeness (QED) is 0.592. The Labute approximate surface area is 126 Å². The van der Waals surface area contributed by atoms with Crippen molar-refractivity contribution in [3.05, 3.63) is 11.7 Å². The standard InChI is InChI=1S/C14H17N3O5/c1-8-15-11(22-16-8)7-21-12(18)6-17-13(19)9-4-2-3-5-10(9)14(17)20/h9-10H,2-7H2,1H3/t9-,10+. The normalized spacial score (nSPS) is 24.5. The number of nitrogens with zero attached hydrogens (tertiary/aromatic N) is 3. The van der Waals surface area contributed by atoms with E-state index >= 15 is 0 Å². The molecule has 1 aliphatic heterocycles. The molecule has 1 saturated carbocycles. The van der Waals surface area contributed by atoms with Crippen molar-refractivity contribution in [1.82, 2.24) is 15.0 Å². The molecule has 0 aromatic carbocycles. The van der Waals surface area contributed by atoms with Crippen LogP contribution in [0.4, 0.5) is 0 Å². The molecule has 1 aliphatic carbocycles. The van der Waals surface area contributed by atoms with Crippen LogP contribution in [0.1, 0.15) is 37.4 Å². The van der Waals surface area contributed by atoms with Gasteiger partial charge in [0.2, 0.25) is 11.8 Å². The molecular formula is C14H17N3O5. The van der Waals surface area contributed by atoms with Gasteiger partial charge in [-0.2, -0.15) is 4.98 Å². The first-order valence-corrected chi connectivity index (χ1v) is 7.36. The zero-order valence-electron chi connectivity index (χ0n) is 12.3. The third-order valence-electron chi connectivity index (χ3n) is 4.15. The smallest absolute Gasteiger partial charge is 0.326 e. The minimum absolute atomic E-state index is 0.164. The Bertz CT molecular complexity index is 587. The fraction of sp³-hybridized carbons (Fsp3) is 0.643. The zero-order chi connectivity index (χ0) is 15.7. The first kappa shape index (κ1) is 14.7. The van der Waals surface area contributed by atoms with E-state index in [1.807, 2.05) is 0 Å². The summed E-state index contributed by atoms with van der Waals surface area (Å²) >= 11 is 0. The van der Waals surface area contributed by atoms with Gasteiger partial charge >= 0.3 is 5.97 Å². The van der Waals surface area contributed by atoms with Gasteiger partial charge in [0.25, 0.3) is 5.89 Å². The Balaban J connectivity index is 1.56. The number of carbonyl (C=O) groups is 3. The van der Waals surface area contributed by atoms with Crippen LogP contribution in [0.3, 0.4) is 0 Å². The van der Waals surface area contributed by atoms with E-state index in [1.54, 1.807) is 6.92 Å². The number of esters is 1. The minimum Gasteiger partial charge on any atom is -0.454 e. The highest BCUT2D eigenvalue weighted by molar-refractivity contribution is 6.07. The van der Waals surface area contributed by atoms with Gasteiger partial charge in [-0.25, -0.2) is 0 Å². The molecule has 2 fully saturated rings. The van der Waals surface area contributed by atoms with Crippen LogP contribution in [-0.4, -0.2) is 39.4 Å². The van der Waals surface area contributed by atoms with Gasteiger partial charge in [-0.05, 0) is 19.8 Å². The van der Waals surface area contributed by atoms with Gasteiger partial charge in [0.15, 0.2) is 12.4 Å². The highest BCUT2D eigenvalue weighted by Crippen LogP contribution is 2.37. The van der Waals surface area contributed by atoms with Crippen molar-refractivity contribution in [2.45, 2.75) is 39.2 Å². The third kappa shape index (κ3) is 2.72. The lowest BCUT2D eigenvalue weighted by Crippen LogP contribution is -2.36. The molecule has 1 saturated heterocycles. The first-order valence-electron chi connectivity index (χ1n) is 7.36. The first-order chi connectivity index (χ1) is 10.6. The summed E-state index contributed by atoms with van der Waals surface area (Å²) in [5, 5.41) is 3.57. The van der Waals surface area contributed by atoms with Crippen LogP contribution in [0.2, 0.25) is 0 Å². The van der Waals surface area contributed by atoms with Crippen LogP contribution in [0.25, 0.3) is 0 Å². The molecule has 8 heteroatoms. The number of hydrogen-bond donors (Lipinski definition) is 0. The van der Waals surface area contributed by atoms with E-state index in [-0.39, 0.29) is 42.7 Å². The van der Waals surface area contributed by atoms with Crippen molar-refractivity contribution in [2.24, 2.45) is 11.8 Å². The second kappa shape index (κ2) is 5.86. The van der Waals surface area contributed by atoms with Gasteiger partial charge in [0, 0.05) is 0 Å². The maximum atomic E-state index is 12.2. The number of aromatic nitrogens is 2. The molecule has 0 radical (unpaired) electrons. The number of carbonyl (C=O) groups excluding carboxylic acids is 3. The maximum absolute atomic E-state index is 12.2. The number of imide groups is 1. The molecule has 2 heterocycles. The highest BCUT2D eigenvalue weighted by atomic mass is 16.6. The van der Waals surface area contributed by atoms with Gasteiger partial charge in [0.1, 0.15) is 6.54 Å². The molecule has 8 nitrogen and oxygen atoms in total. The lowest BCUT2D eigenvalue weighted by molar-refractivity contribution is -0.154. The van der Waals surface area contributed by atoms with E-state index in [1.165, 1.54) is 0 Å². The molecule has 1 aromatic rings. The van der Waals surface area contributed by atoms with Crippen LogP contribution in [0.15, 0.2) is 4.52 Å². The summed E-state index contributed by atoms with van der Waals surface area (Å²) in [6.07, 6.45) is 3.36. The van der Waals surface area contributed by atoms with Crippen molar-refractivity contribution in [3.63, 3.8) is 0 Å². The summed E-state index contributed by atoms with van der Waals surface area (Å²) in [4.78, 5) is 41.2. The molecule has 2 atom stereocenters. The Morgan fingerprint density at radius 1 is 1.27 bits per heavy atom. The lowest BCUT2D eigenvalue weighted by Gasteiger charge is -2.19. The van der Waals surface area contributed by atoms with Crippen LogP contribution in [0, 0.1) is 18.8 Å². The molecule has 22 heavy (non-hydrogen) atoms. The van der Waals surface area contributed by atoms with E-state index in [4.69, 9.17) is 9.26 Å². The minimum atomic E-state index is -0.656. The van der Waals surface area contributed by atoms with Gasteiger partial charge in [-0.15, -0.1) is 0 Å². The molecule has 0 unspecified atom stereocenters. The lowest BCUT2D eigenvalue weighted by atomic mass is 9.81. The average molecular weight is 307 g/mol. The molecule has 0 spiro atoms. The number of aryl methyl sites for hydroxylation is 1. The Kier molecular flexibility index (Phi) is 3.91. The van der Waals surface area contributed by atoms with Crippen molar-refractivity contribution < 1.29 is 23.6 Å². The molecule has 2 amide bonds. The van der Waals surface area contributed by atoms with Crippen LogP contribution >= 0.6 is 0 Å². The average Bonchev–Trinajstić information content (AvgIpc) is 3.03. The van der Waals surface area contributed by atoms with E-state index in [9.17, 15) is 14.4 Å². The van der Waals surface area contributed by atoms with Gasteiger partial charge in [0.05, 0.1) is 11.8 Å². The van der Waals surface area contributed by atoms with Crippen molar-refractivity contribution in [2.75, 3.05) is 6.54 Å². The monoisotopic (exact) mass is 307 g/mol. The summed E-state index contributed by atoms with van der Waals surface area (Å²) in [7, 11) is 0. The molecular weight excluding hydrogens is 290 g/mol. The number of likely N-dealkylation sites (tertiary alicyclic amines) is 1. The molecule has 3 rings (SSSR count). The predicted molar refractivity (Wildman–Crippen MR) is 71.0 cm³/mol. The van der Waals surface area contributed by atoms with Crippen molar-refractivity contribution in [3.8, 4) is 0 Å². The molecule has 2 aliphatic rings. The van der Waals surface area contributed by atoms with E-state index < -0.39 is 5.97 Å². The van der Waals surface area contributed by atoms with Gasteiger partial charge in [-0.1, -0.05) is 18.0 Å². The van der Waals surface area contributed by atoms with E-state index in [0.717, 1.165) is 30.6 Å². The molecule has 0 bridgehead atoms. The predicted octanol–water partition coefficient (Wildman–Crippen LogP) is 0.596. The van der Waals surface area contributed by atoms with E-state index in [2.05, 4.69) is 10.1 Å². The zero-order valence-corrected chi connectivity index (χ0v) is 12.3. The fourth-order valence-corrected chi connectivity index (χ4v) is 3.10. The summed E-state index contributed by atoms with van der Waals surface area (Å²) in [6.45, 7) is 1.14. The van der Waals surface area contributed by atoms with E-state index in [0.29, 0.717) is 5.82 Å². The van der Waals surface area contributed by atoms with Crippen LogP contribution in [-0.2, 0) is 25.7 Å². The molecule has 1 aromatic heterocycles. The number of hydrogen-bond acceptors (Lipinski definition) is 7. The van der Waals surface area contributed by atoms with Crippen molar-refractivity contribution >= 4 is 17.8 Å². The molecule has 0 N–H and O–H groups in total. The Morgan fingerprint density at radius 3 is 2.45 bits per heavy atom. The second-order valence-electron chi connectivity index (χ2n) is 5.66. The third-order valence-corrected chi connectivity index (χ3v) is 4.15. The van der Waals surface area contributed by atoms with Crippen LogP contribution < -0.4 is 0 Å². The number of ether oxygens (including phenoxy) is 1. The van der Waals surface area contributed by atoms with Crippen molar-refractivity contribution in [1.29, 1.82) is 0 Å². The SMILES string of the molecule is Cc1noc(COC(=O)CN2C(=O)[C@H]3CCCC[C@H]3C2=O)n1. The summed E-state index contributed by atoms with van der Waals surface area (Å²) in [5.74, 6) is -1.05. The van der Waals surface area contributed by atoms with Gasteiger partial charge < -0.3 is 9.26 Å². The number of rotatable bonds is 4. The largest absolute Gasteiger partial charge is 0.454 e. The Hall–Kier alpha value is -2.25. The Morgan fingerprint density at radius 2 is 1.91 bits per heavy atom. The fourth-order valence-electron chi connectivity index (χ4n) is 3.10. The van der Waals surface area contributed by atoms with Crippen LogP contribution in [0.5, 0.6) is 0 Å². The summed E-state index contributed by atoms with van der Waals surface area (Å²) < 4.78 is 9.79. The summed E-state index contributed by atoms with van der Waals surface area (Å²) in [5.41, 5.74) is 0. The summed E-state index contributed by atoms with van der Waals surface area (Å²) in [6, 6.07) is 0. The molecule has 118 valence electrons. The van der Waals surface area contributed by atoms with Gasteiger partial charge in [-0.3, -0.25) is 19.3 Å². The highest BCUT2D eigenvalue weighted by Gasteiger charge is 2.48. The number of amides is 2.